The van der Waals surface area contributed by atoms with Gasteiger partial charge in [-0.25, -0.2) is 18.2 Å². The summed E-state index contributed by atoms with van der Waals surface area (Å²) >= 11 is 0.705. The third-order valence-corrected chi connectivity index (χ3v) is 5.98. The van der Waals surface area contributed by atoms with Crippen molar-refractivity contribution in [1.29, 1.82) is 0 Å². The van der Waals surface area contributed by atoms with E-state index in [0.29, 0.717) is 29.7 Å². The maximum atomic E-state index is 13.1. The molecule has 0 unspecified atom stereocenters. The summed E-state index contributed by atoms with van der Waals surface area (Å²) in [6.45, 7) is 4.56. The molecule has 0 bridgehead atoms. The number of halogens is 1. The first kappa shape index (κ1) is 22.0. The molecule has 1 amide bonds. The van der Waals surface area contributed by atoms with Crippen molar-refractivity contribution >= 4 is 32.4 Å². The Morgan fingerprint density at radius 1 is 1.27 bits per heavy atom. The number of benzene rings is 1. The molecule has 0 saturated carbocycles. The molecule has 0 fully saturated rings. The first-order valence-electron chi connectivity index (χ1n) is 9.18. The topological polar surface area (TPSA) is 90.3 Å². The van der Waals surface area contributed by atoms with Crippen LogP contribution < -0.4 is 10.1 Å². The van der Waals surface area contributed by atoms with Gasteiger partial charge < -0.3 is 9.30 Å². The van der Waals surface area contributed by atoms with Gasteiger partial charge in [0.15, 0.2) is 20.1 Å². The van der Waals surface area contributed by atoms with Crippen molar-refractivity contribution in [3.63, 3.8) is 0 Å². The lowest BCUT2D eigenvalue weighted by atomic mass is 10.1. The fourth-order valence-electron chi connectivity index (χ4n) is 2.90. The molecule has 0 spiro atoms. The van der Waals surface area contributed by atoms with Gasteiger partial charge in [-0.2, -0.15) is 4.39 Å². The Kier molecular flexibility index (Phi) is 6.57. The zero-order chi connectivity index (χ0) is 21.9. The number of carbonyl (C=O) groups is 1. The maximum absolute atomic E-state index is 13.1. The van der Waals surface area contributed by atoms with Gasteiger partial charge in [0.1, 0.15) is 0 Å². The zero-order valence-corrected chi connectivity index (χ0v) is 18.4. The minimum atomic E-state index is -3.27. The number of thiazole rings is 1. The van der Waals surface area contributed by atoms with E-state index < -0.39 is 21.1 Å². The van der Waals surface area contributed by atoms with Crippen molar-refractivity contribution in [1.82, 2.24) is 9.55 Å². The Balaban J connectivity index is 1.79. The quantitative estimate of drug-likeness (QED) is 0.577. The predicted octanol–water partition coefficient (Wildman–Crippen LogP) is 4.34. The summed E-state index contributed by atoms with van der Waals surface area (Å²) in [5, 5.41) is 2.00. The second kappa shape index (κ2) is 8.97. The van der Waals surface area contributed by atoms with Crippen LogP contribution in [0.2, 0.25) is 0 Å². The number of rotatable bonds is 7. The molecule has 30 heavy (non-hydrogen) atoms. The smallest absolute Gasteiger partial charge is 0.393 e. The van der Waals surface area contributed by atoms with Crippen LogP contribution in [-0.2, 0) is 22.8 Å². The highest BCUT2D eigenvalue weighted by atomic mass is 32.2. The SMILES string of the molecule is CC(C)Cc1cc(OC(=O)Nc2ncc(F)s2)n(Cc2ccc(S(C)(=O)=O)cc2)c1. The second-order valence-corrected chi connectivity index (χ2v) is 10.3. The number of amides is 1. The van der Waals surface area contributed by atoms with E-state index in [2.05, 4.69) is 24.1 Å². The Hall–Kier alpha value is -2.72. The van der Waals surface area contributed by atoms with Crippen LogP contribution in [0.1, 0.15) is 25.0 Å². The van der Waals surface area contributed by atoms with Gasteiger partial charge in [0.2, 0.25) is 5.88 Å². The van der Waals surface area contributed by atoms with Crippen LogP contribution in [0.4, 0.5) is 14.3 Å². The van der Waals surface area contributed by atoms with Crippen LogP contribution in [0.15, 0.2) is 47.6 Å². The Morgan fingerprint density at radius 2 is 1.97 bits per heavy atom. The lowest BCUT2D eigenvalue weighted by molar-refractivity contribution is 0.211. The summed E-state index contributed by atoms with van der Waals surface area (Å²) in [4.78, 5) is 16.2. The highest BCUT2D eigenvalue weighted by Crippen LogP contribution is 2.23. The van der Waals surface area contributed by atoms with E-state index in [4.69, 9.17) is 4.74 Å². The summed E-state index contributed by atoms with van der Waals surface area (Å²) in [6.07, 6.45) is 4.10. The second-order valence-electron chi connectivity index (χ2n) is 7.31. The number of hydrogen-bond donors (Lipinski definition) is 1. The molecule has 3 rings (SSSR count). The molecule has 10 heteroatoms. The van der Waals surface area contributed by atoms with Gasteiger partial charge in [0, 0.05) is 18.5 Å². The van der Waals surface area contributed by atoms with Crippen molar-refractivity contribution in [2.24, 2.45) is 5.92 Å². The molecule has 0 aliphatic heterocycles. The fourth-order valence-corrected chi connectivity index (χ4v) is 4.06. The monoisotopic (exact) mass is 451 g/mol. The van der Waals surface area contributed by atoms with E-state index in [9.17, 15) is 17.6 Å². The first-order chi connectivity index (χ1) is 14.1. The molecule has 0 saturated heterocycles. The summed E-state index contributed by atoms with van der Waals surface area (Å²) in [5.74, 6) is 0.738. The van der Waals surface area contributed by atoms with Crippen molar-refractivity contribution in [2.75, 3.05) is 11.6 Å². The highest BCUT2D eigenvalue weighted by Gasteiger charge is 2.15. The molecule has 3 aromatic rings. The first-order valence-corrected chi connectivity index (χ1v) is 11.9. The maximum Gasteiger partial charge on any atom is 0.420 e. The van der Waals surface area contributed by atoms with E-state index in [0.717, 1.165) is 30.0 Å². The van der Waals surface area contributed by atoms with Crippen LogP contribution in [0.25, 0.3) is 0 Å². The Morgan fingerprint density at radius 3 is 2.53 bits per heavy atom. The highest BCUT2D eigenvalue weighted by molar-refractivity contribution is 7.90. The van der Waals surface area contributed by atoms with Crippen LogP contribution in [0.3, 0.4) is 0 Å². The van der Waals surface area contributed by atoms with Crippen LogP contribution in [0, 0.1) is 11.0 Å². The summed E-state index contributed by atoms with van der Waals surface area (Å²) in [6, 6.07) is 8.33. The van der Waals surface area contributed by atoms with E-state index in [1.165, 1.54) is 0 Å². The third-order valence-electron chi connectivity index (χ3n) is 4.15. The minimum Gasteiger partial charge on any atom is -0.393 e. The van der Waals surface area contributed by atoms with Crippen molar-refractivity contribution in [3.8, 4) is 5.88 Å². The molecule has 160 valence electrons. The average Bonchev–Trinajstić information content (AvgIpc) is 3.20. The van der Waals surface area contributed by atoms with Gasteiger partial charge in [-0.3, -0.25) is 5.32 Å². The molecule has 0 aliphatic rings. The molecular weight excluding hydrogens is 429 g/mol. The summed E-state index contributed by atoms with van der Waals surface area (Å²) < 4.78 is 43.5. The molecule has 0 radical (unpaired) electrons. The molecule has 2 aromatic heterocycles. The van der Waals surface area contributed by atoms with E-state index in [1.54, 1.807) is 34.9 Å². The standard InChI is InChI=1S/C20H22FN3O4S2/c1-13(2)8-15-9-18(28-20(25)23-19-22-10-17(21)29-19)24(12-15)11-14-4-6-16(7-5-14)30(3,26)27/h4-7,9-10,12-13H,8,11H2,1-3H3,(H,22,23,25). The van der Waals surface area contributed by atoms with Gasteiger partial charge in [-0.1, -0.05) is 37.3 Å². The third kappa shape index (κ3) is 5.90. The lowest BCUT2D eigenvalue weighted by Crippen LogP contribution is -2.18. The lowest BCUT2D eigenvalue weighted by Gasteiger charge is -2.10. The van der Waals surface area contributed by atoms with Crippen LogP contribution >= 0.6 is 11.3 Å². The fraction of sp³-hybridized carbons (Fsp3) is 0.300. The van der Waals surface area contributed by atoms with Crippen LogP contribution in [0.5, 0.6) is 5.88 Å². The van der Waals surface area contributed by atoms with Crippen molar-refractivity contribution in [2.45, 2.75) is 31.7 Å². The van der Waals surface area contributed by atoms with E-state index in [1.807, 2.05) is 6.20 Å². The molecule has 7 nitrogen and oxygen atoms in total. The Labute approximate surface area is 178 Å². The average molecular weight is 452 g/mol. The summed E-state index contributed by atoms with van der Waals surface area (Å²) in [7, 11) is -3.27. The molecule has 0 aliphatic carbocycles. The van der Waals surface area contributed by atoms with E-state index >= 15 is 0 Å². The van der Waals surface area contributed by atoms with Gasteiger partial charge in [-0.05, 0) is 35.6 Å². The van der Waals surface area contributed by atoms with Crippen LogP contribution in [-0.4, -0.2) is 30.3 Å². The van der Waals surface area contributed by atoms with Gasteiger partial charge in [0.25, 0.3) is 0 Å². The number of anilines is 1. The van der Waals surface area contributed by atoms with Crippen molar-refractivity contribution in [3.05, 3.63) is 59.0 Å². The van der Waals surface area contributed by atoms with Gasteiger partial charge >= 0.3 is 6.09 Å². The molecule has 0 atom stereocenters. The number of aromatic nitrogens is 2. The number of nitrogens with one attached hydrogen (secondary N) is 1. The van der Waals surface area contributed by atoms with E-state index in [-0.39, 0.29) is 10.0 Å². The zero-order valence-electron chi connectivity index (χ0n) is 16.8. The number of carbonyl (C=O) groups excluding carboxylic acids is 1. The van der Waals surface area contributed by atoms with Gasteiger partial charge in [0.05, 0.1) is 17.6 Å². The Bertz CT molecular complexity index is 1140. The normalized spacial score (nSPS) is 11.6. The van der Waals surface area contributed by atoms with Gasteiger partial charge in [-0.15, -0.1) is 0 Å². The predicted molar refractivity (Wildman–Crippen MR) is 113 cm³/mol. The van der Waals surface area contributed by atoms with Crippen molar-refractivity contribution < 1.29 is 22.3 Å². The number of hydrogen-bond acceptors (Lipinski definition) is 6. The molecule has 2 heterocycles. The number of ether oxygens (including phenoxy) is 1. The largest absolute Gasteiger partial charge is 0.420 e. The minimum absolute atomic E-state index is 0.106. The summed E-state index contributed by atoms with van der Waals surface area (Å²) in [5.41, 5.74) is 1.85. The molecule has 1 N–H and O–H groups in total. The molecular formula is C20H22FN3O4S2. The number of sulfone groups is 1. The number of nitrogens with zero attached hydrogens (tertiary/aromatic N) is 2. The molecule has 1 aromatic carbocycles.